The van der Waals surface area contributed by atoms with Gasteiger partial charge in [-0.2, -0.15) is 0 Å². The van der Waals surface area contributed by atoms with Crippen molar-refractivity contribution in [3.8, 4) is 0 Å². The second-order valence-electron chi connectivity index (χ2n) is 3.73. The van der Waals surface area contributed by atoms with Crippen LogP contribution in [0.15, 0.2) is 4.79 Å². The number of H-pyrrole nitrogens is 1. The number of aromatic nitrogens is 2. The van der Waals surface area contributed by atoms with Gasteiger partial charge in [-0.1, -0.05) is 13.8 Å². The topological polar surface area (TPSA) is 55.0 Å². The number of aromatic amines is 1. The van der Waals surface area contributed by atoms with Gasteiger partial charge in [0.1, 0.15) is 5.82 Å². The maximum atomic E-state index is 11.7. The highest BCUT2D eigenvalue weighted by Gasteiger charge is 2.11. The minimum atomic E-state index is -0.0250. The van der Waals surface area contributed by atoms with Crippen molar-refractivity contribution in [2.75, 3.05) is 13.7 Å². The molecule has 1 aromatic rings. The summed E-state index contributed by atoms with van der Waals surface area (Å²) >= 11 is 0. The van der Waals surface area contributed by atoms with E-state index in [1.54, 1.807) is 7.11 Å². The van der Waals surface area contributed by atoms with Gasteiger partial charge < -0.3 is 9.72 Å². The fourth-order valence-corrected chi connectivity index (χ4v) is 1.61. The van der Waals surface area contributed by atoms with Crippen LogP contribution in [0.5, 0.6) is 0 Å². The normalized spacial score (nSPS) is 12.8. The van der Waals surface area contributed by atoms with Gasteiger partial charge in [0.05, 0.1) is 6.61 Å². The highest BCUT2D eigenvalue weighted by Crippen LogP contribution is 2.10. The first-order chi connectivity index (χ1) is 7.10. The molecule has 84 valence electrons. The zero-order valence-corrected chi connectivity index (χ0v) is 9.76. The van der Waals surface area contributed by atoms with Gasteiger partial charge in [0.15, 0.2) is 0 Å². The molecule has 1 atom stereocenters. The van der Waals surface area contributed by atoms with Crippen molar-refractivity contribution >= 4 is 0 Å². The Labute approximate surface area is 89.7 Å². The molecule has 0 fully saturated rings. The summed E-state index contributed by atoms with van der Waals surface area (Å²) in [4.78, 5) is 18.9. The lowest BCUT2D eigenvalue weighted by molar-refractivity contribution is 0.181. The molecule has 1 unspecified atom stereocenters. The van der Waals surface area contributed by atoms with Crippen LogP contribution in [0.4, 0.5) is 0 Å². The molecular formula is C11H18N2O2. The summed E-state index contributed by atoms with van der Waals surface area (Å²) < 4.78 is 5.03. The Morgan fingerprint density at radius 1 is 1.53 bits per heavy atom. The number of nitrogens with zero attached hydrogens (tertiary/aromatic N) is 1. The lowest BCUT2D eigenvalue weighted by Gasteiger charge is -2.11. The molecule has 0 radical (unpaired) electrons. The van der Waals surface area contributed by atoms with Crippen LogP contribution in [0.2, 0.25) is 0 Å². The van der Waals surface area contributed by atoms with Crippen LogP contribution in [0.3, 0.4) is 0 Å². The van der Waals surface area contributed by atoms with Crippen LogP contribution < -0.4 is 5.56 Å². The van der Waals surface area contributed by atoms with E-state index in [-0.39, 0.29) is 11.5 Å². The first-order valence-electron chi connectivity index (χ1n) is 5.18. The van der Waals surface area contributed by atoms with E-state index in [1.165, 1.54) is 0 Å². The van der Waals surface area contributed by atoms with E-state index in [2.05, 4.69) is 9.97 Å². The van der Waals surface area contributed by atoms with Gasteiger partial charge >= 0.3 is 0 Å². The molecule has 0 saturated carbocycles. The third-order valence-corrected chi connectivity index (χ3v) is 2.48. The van der Waals surface area contributed by atoms with Crippen molar-refractivity contribution in [1.82, 2.24) is 9.97 Å². The quantitative estimate of drug-likeness (QED) is 0.817. The number of ether oxygens (including phenoxy) is 1. The van der Waals surface area contributed by atoms with Crippen molar-refractivity contribution < 1.29 is 4.74 Å². The van der Waals surface area contributed by atoms with Crippen LogP contribution in [-0.4, -0.2) is 23.7 Å². The molecule has 15 heavy (non-hydrogen) atoms. The lowest BCUT2D eigenvalue weighted by atomic mass is 10.1. The Balaban J connectivity index is 3.08. The van der Waals surface area contributed by atoms with E-state index >= 15 is 0 Å². The highest BCUT2D eigenvalue weighted by molar-refractivity contribution is 5.17. The van der Waals surface area contributed by atoms with Gasteiger partial charge in [-0.3, -0.25) is 4.79 Å². The number of methoxy groups -OCH3 is 1. The van der Waals surface area contributed by atoms with Gasteiger partial charge in [-0.15, -0.1) is 0 Å². The predicted octanol–water partition coefficient (Wildman–Crippen LogP) is 1.39. The van der Waals surface area contributed by atoms with Gasteiger partial charge in [0.25, 0.3) is 5.56 Å². The SMILES string of the molecule is CCc1c(C)nc(C(C)COC)[nH]c1=O. The van der Waals surface area contributed by atoms with Crippen molar-refractivity contribution in [2.45, 2.75) is 33.1 Å². The molecule has 4 nitrogen and oxygen atoms in total. The minimum absolute atomic E-state index is 0.0250. The van der Waals surface area contributed by atoms with Crippen molar-refractivity contribution in [1.29, 1.82) is 0 Å². The number of rotatable bonds is 4. The van der Waals surface area contributed by atoms with E-state index in [0.717, 1.165) is 11.3 Å². The fourth-order valence-electron chi connectivity index (χ4n) is 1.61. The summed E-state index contributed by atoms with van der Waals surface area (Å²) in [7, 11) is 1.64. The number of hydrogen-bond donors (Lipinski definition) is 1. The lowest BCUT2D eigenvalue weighted by Crippen LogP contribution is -2.20. The van der Waals surface area contributed by atoms with Gasteiger partial charge in [0, 0.05) is 24.3 Å². The van der Waals surface area contributed by atoms with Crippen LogP contribution in [0.25, 0.3) is 0 Å². The summed E-state index contributed by atoms with van der Waals surface area (Å²) in [6.07, 6.45) is 0.715. The predicted molar refractivity (Wildman–Crippen MR) is 59.3 cm³/mol. The number of nitrogens with one attached hydrogen (secondary N) is 1. The summed E-state index contributed by atoms with van der Waals surface area (Å²) in [5, 5.41) is 0. The van der Waals surface area contributed by atoms with E-state index in [1.807, 2.05) is 20.8 Å². The average molecular weight is 210 g/mol. The van der Waals surface area contributed by atoms with Crippen LogP contribution in [-0.2, 0) is 11.2 Å². The Bertz CT molecular complexity index is 385. The van der Waals surface area contributed by atoms with E-state index in [0.29, 0.717) is 18.9 Å². The maximum absolute atomic E-state index is 11.7. The van der Waals surface area contributed by atoms with Gasteiger partial charge in [-0.25, -0.2) is 4.98 Å². The number of hydrogen-bond acceptors (Lipinski definition) is 3. The third kappa shape index (κ3) is 2.65. The van der Waals surface area contributed by atoms with Crippen LogP contribution in [0, 0.1) is 6.92 Å². The third-order valence-electron chi connectivity index (χ3n) is 2.48. The molecule has 4 heteroatoms. The van der Waals surface area contributed by atoms with E-state index in [4.69, 9.17) is 4.74 Å². The molecular weight excluding hydrogens is 192 g/mol. The molecule has 0 aromatic carbocycles. The zero-order chi connectivity index (χ0) is 11.4. The van der Waals surface area contributed by atoms with Gasteiger partial charge in [0.2, 0.25) is 0 Å². The first-order valence-corrected chi connectivity index (χ1v) is 5.18. The Kier molecular flexibility index (Phi) is 4.03. The van der Waals surface area contributed by atoms with Crippen molar-refractivity contribution in [3.05, 3.63) is 27.4 Å². The van der Waals surface area contributed by atoms with Crippen LogP contribution >= 0.6 is 0 Å². The largest absolute Gasteiger partial charge is 0.384 e. The number of aryl methyl sites for hydroxylation is 1. The summed E-state index contributed by atoms with van der Waals surface area (Å²) in [5.74, 6) is 0.823. The molecule has 1 heterocycles. The Morgan fingerprint density at radius 3 is 2.67 bits per heavy atom. The Morgan fingerprint density at radius 2 is 2.20 bits per heavy atom. The maximum Gasteiger partial charge on any atom is 0.254 e. The van der Waals surface area contributed by atoms with E-state index < -0.39 is 0 Å². The molecule has 0 bridgehead atoms. The molecule has 0 saturated heterocycles. The zero-order valence-electron chi connectivity index (χ0n) is 9.76. The van der Waals surface area contributed by atoms with Crippen LogP contribution in [0.1, 0.15) is 36.8 Å². The Hall–Kier alpha value is -1.16. The second kappa shape index (κ2) is 5.07. The highest BCUT2D eigenvalue weighted by atomic mass is 16.5. The van der Waals surface area contributed by atoms with Crippen molar-refractivity contribution in [3.63, 3.8) is 0 Å². The molecule has 1 aromatic heterocycles. The molecule has 1 N–H and O–H groups in total. The molecule has 0 aliphatic carbocycles. The minimum Gasteiger partial charge on any atom is -0.384 e. The molecule has 0 amide bonds. The average Bonchev–Trinajstić information content (AvgIpc) is 2.17. The molecule has 1 rings (SSSR count). The first kappa shape index (κ1) is 11.9. The monoisotopic (exact) mass is 210 g/mol. The molecule has 0 aliphatic rings. The van der Waals surface area contributed by atoms with E-state index in [9.17, 15) is 4.79 Å². The second-order valence-corrected chi connectivity index (χ2v) is 3.73. The van der Waals surface area contributed by atoms with Crippen molar-refractivity contribution in [2.24, 2.45) is 0 Å². The molecule has 0 aliphatic heterocycles. The summed E-state index contributed by atoms with van der Waals surface area (Å²) in [6, 6.07) is 0. The standard InChI is InChI=1S/C11H18N2O2/c1-5-9-8(3)12-10(13-11(9)14)7(2)6-15-4/h7H,5-6H2,1-4H3,(H,12,13,14). The smallest absolute Gasteiger partial charge is 0.254 e. The summed E-state index contributed by atoms with van der Waals surface area (Å²) in [5.41, 5.74) is 1.56. The van der Waals surface area contributed by atoms with Gasteiger partial charge in [-0.05, 0) is 13.3 Å². The summed E-state index contributed by atoms with van der Waals surface area (Å²) in [6.45, 7) is 6.37. The fraction of sp³-hybridized carbons (Fsp3) is 0.636. The molecule has 0 spiro atoms.